The minimum atomic E-state index is 0.614. The van der Waals surface area contributed by atoms with Gasteiger partial charge in [-0.1, -0.05) is 12.1 Å². The van der Waals surface area contributed by atoms with Gasteiger partial charge in [-0.05, 0) is 58.4 Å². The number of halogens is 1. The molecule has 0 unspecified atom stereocenters. The summed E-state index contributed by atoms with van der Waals surface area (Å²) >= 11 is 3.36. The van der Waals surface area contributed by atoms with Gasteiger partial charge >= 0.3 is 0 Å². The molecule has 0 bridgehead atoms. The Kier molecular flexibility index (Phi) is 2.37. The van der Waals surface area contributed by atoms with Crippen LogP contribution in [0.1, 0.15) is 18.4 Å². The van der Waals surface area contributed by atoms with E-state index in [0.717, 1.165) is 10.5 Å². The van der Waals surface area contributed by atoms with Gasteiger partial charge < -0.3 is 5.32 Å². The summed E-state index contributed by atoms with van der Waals surface area (Å²) in [5.74, 6) is 0.823. The van der Waals surface area contributed by atoms with Crippen molar-refractivity contribution in [1.82, 2.24) is 10.3 Å². The fraction of sp³-hybridized carbons (Fsp3) is 0.417. The molecule has 0 spiro atoms. The fourth-order valence-corrected chi connectivity index (χ4v) is 2.79. The van der Waals surface area contributed by atoms with Crippen molar-refractivity contribution in [2.45, 2.75) is 18.9 Å². The highest BCUT2D eigenvalue weighted by Gasteiger charge is 2.31. The van der Waals surface area contributed by atoms with E-state index in [1.54, 1.807) is 0 Å². The van der Waals surface area contributed by atoms with Crippen LogP contribution in [0.4, 0.5) is 0 Å². The Labute approximate surface area is 97.9 Å². The highest BCUT2D eigenvalue weighted by atomic mass is 79.9. The van der Waals surface area contributed by atoms with E-state index < -0.39 is 0 Å². The molecule has 0 aromatic carbocycles. The van der Waals surface area contributed by atoms with Crippen molar-refractivity contribution < 1.29 is 0 Å². The summed E-state index contributed by atoms with van der Waals surface area (Å²) < 4.78 is 0.906. The fourth-order valence-electron chi connectivity index (χ4n) is 2.55. The predicted octanol–water partition coefficient (Wildman–Crippen LogP) is 2.61. The first-order valence-electron chi connectivity index (χ1n) is 5.39. The number of allylic oxidation sites excluding steroid dienone is 1. The highest BCUT2D eigenvalue weighted by molar-refractivity contribution is 9.10. The summed E-state index contributed by atoms with van der Waals surface area (Å²) in [7, 11) is 0. The van der Waals surface area contributed by atoms with Gasteiger partial charge in [-0.3, -0.25) is 0 Å². The van der Waals surface area contributed by atoms with E-state index >= 15 is 0 Å². The topological polar surface area (TPSA) is 24.9 Å². The van der Waals surface area contributed by atoms with Crippen LogP contribution < -0.4 is 5.32 Å². The van der Waals surface area contributed by atoms with E-state index in [9.17, 15) is 0 Å². The smallest absolute Gasteiger partial charge is 0.106 e. The van der Waals surface area contributed by atoms with Crippen LogP contribution in [-0.4, -0.2) is 17.6 Å². The Morgan fingerprint density at radius 3 is 3.07 bits per heavy atom. The maximum Gasteiger partial charge on any atom is 0.106 e. The van der Waals surface area contributed by atoms with E-state index in [2.05, 4.69) is 38.4 Å². The lowest BCUT2D eigenvalue weighted by Crippen LogP contribution is -2.20. The lowest BCUT2D eigenvalue weighted by Gasteiger charge is -2.06. The molecule has 1 aliphatic carbocycles. The molecule has 3 heteroatoms. The summed E-state index contributed by atoms with van der Waals surface area (Å²) in [6.45, 7) is 1.18. The van der Waals surface area contributed by atoms with Gasteiger partial charge in [0.1, 0.15) is 4.60 Å². The Bertz CT molecular complexity index is 397. The molecule has 1 aliphatic heterocycles. The van der Waals surface area contributed by atoms with Gasteiger partial charge in [0, 0.05) is 12.2 Å². The zero-order chi connectivity index (χ0) is 10.3. The number of fused-ring (bicyclic) bond motifs is 1. The highest BCUT2D eigenvalue weighted by Crippen LogP contribution is 2.36. The van der Waals surface area contributed by atoms with E-state index in [1.165, 1.54) is 30.5 Å². The Morgan fingerprint density at radius 1 is 1.40 bits per heavy atom. The van der Waals surface area contributed by atoms with Crippen molar-refractivity contribution in [3.63, 3.8) is 0 Å². The summed E-state index contributed by atoms with van der Waals surface area (Å²) in [5.41, 5.74) is 2.73. The van der Waals surface area contributed by atoms with E-state index in [0.29, 0.717) is 6.04 Å². The lowest BCUT2D eigenvalue weighted by atomic mass is 10.00. The van der Waals surface area contributed by atoms with Crippen LogP contribution in [0.15, 0.2) is 29.0 Å². The van der Waals surface area contributed by atoms with Gasteiger partial charge in [-0.15, -0.1) is 0 Å². The van der Waals surface area contributed by atoms with Crippen molar-refractivity contribution in [1.29, 1.82) is 0 Å². The van der Waals surface area contributed by atoms with Crippen LogP contribution in [0.2, 0.25) is 0 Å². The molecule has 2 heterocycles. The molecule has 1 fully saturated rings. The molecule has 1 aromatic heterocycles. The summed E-state index contributed by atoms with van der Waals surface area (Å²) in [4.78, 5) is 4.27. The van der Waals surface area contributed by atoms with Gasteiger partial charge in [0.05, 0.1) is 0 Å². The number of pyridine rings is 1. The summed E-state index contributed by atoms with van der Waals surface area (Å²) in [6, 6.07) is 4.77. The third-order valence-corrected chi connectivity index (χ3v) is 3.83. The maximum absolute atomic E-state index is 4.27. The normalized spacial score (nSPS) is 29.0. The molecule has 1 saturated heterocycles. The van der Waals surface area contributed by atoms with Gasteiger partial charge in [0.2, 0.25) is 0 Å². The average molecular weight is 265 g/mol. The number of nitrogens with one attached hydrogen (secondary N) is 1. The van der Waals surface area contributed by atoms with Crippen LogP contribution >= 0.6 is 15.9 Å². The third kappa shape index (κ3) is 1.74. The molecule has 0 radical (unpaired) electrons. The van der Waals surface area contributed by atoms with Gasteiger partial charge in [-0.25, -0.2) is 4.98 Å². The quantitative estimate of drug-likeness (QED) is 0.789. The van der Waals surface area contributed by atoms with Crippen LogP contribution in [0.25, 0.3) is 5.57 Å². The average Bonchev–Trinajstić information content (AvgIpc) is 2.78. The van der Waals surface area contributed by atoms with Crippen molar-refractivity contribution in [2.24, 2.45) is 5.92 Å². The second-order valence-corrected chi connectivity index (χ2v) is 5.11. The predicted molar refractivity (Wildman–Crippen MR) is 64.4 cm³/mol. The first-order chi connectivity index (χ1) is 7.33. The second kappa shape index (κ2) is 3.72. The maximum atomic E-state index is 4.27. The van der Waals surface area contributed by atoms with Crippen LogP contribution in [0.5, 0.6) is 0 Å². The summed E-state index contributed by atoms with van der Waals surface area (Å²) in [5, 5.41) is 3.52. The molecule has 78 valence electrons. The zero-order valence-electron chi connectivity index (χ0n) is 8.41. The minimum absolute atomic E-state index is 0.614. The van der Waals surface area contributed by atoms with Crippen LogP contribution in [0.3, 0.4) is 0 Å². The van der Waals surface area contributed by atoms with E-state index in [-0.39, 0.29) is 0 Å². The molecule has 0 amide bonds. The molecular weight excluding hydrogens is 252 g/mol. The van der Waals surface area contributed by atoms with Gasteiger partial charge in [0.25, 0.3) is 0 Å². The first kappa shape index (κ1) is 9.55. The van der Waals surface area contributed by atoms with Gasteiger partial charge in [-0.2, -0.15) is 0 Å². The van der Waals surface area contributed by atoms with Gasteiger partial charge in [0.15, 0.2) is 0 Å². The number of hydrogen-bond acceptors (Lipinski definition) is 2. The van der Waals surface area contributed by atoms with Crippen LogP contribution in [0, 0.1) is 5.92 Å². The Hall–Kier alpha value is -0.670. The molecular formula is C12H13BrN2. The molecule has 2 aliphatic rings. The van der Waals surface area contributed by atoms with E-state index in [4.69, 9.17) is 0 Å². The number of rotatable bonds is 1. The van der Waals surface area contributed by atoms with Crippen LogP contribution in [-0.2, 0) is 0 Å². The van der Waals surface area contributed by atoms with E-state index in [1.807, 2.05) is 12.3 Å². The largest absolute Gasteiger partial charge is 0.310 e. The number of nitrogens with zero attached hydrogens (tertiary/aromatic N) is 1. The second-order valence-electron chi connectivity index (χ2n) is 4.29. The van der Waals surface area contributed by atoms with Crippen molar-refractivity contribution >= 4 is 21.5 Å². The molecule has 0 saturated carbocycles. The molecule has 2 nitrogen and oxygen atoms in total. The lowest BCUT2D eigenvalue weighted by molar-refractivity contribution is 0.553. The number of hydrogen-bond donors (Lipinski definition) is 1. The molecule has 1 aromatic rings. The number of aromatic nitrogens is 1. The third-order valence-electron chi connectivity index (χ3n) is 3.36. The zero-order valence-corrected chi connectivity index (χ0v) is 10.00. The molecule has 2 atom stereocenters. The first-order valence-corrected chi connectivity index (χ1v) is 6.18. The molecule has 3 rings (SSSR count). The monoisotopic (exact) mass is 264 g/mol. The Balaban J connectivity index is 1.87. The standard InChI is InChI=1S/C12H13BrN2/c13-12-2-1-9(7-15-12)10-5-8-3-4-14-11(8)6-10/h1-2,6-8,11,14H,3-5H2/t8-,11+/m0/s1. The summed E-state index contributed by atoms with van der Waals surface area (Å²) in [6.07, 6.45) is 6.86. The SMILES string of the molecule is Brc1ccc(C2=C[C@H]3NCC[C@H]3C2)cn1. The van der Waals surface area contributed by atoms with Crippen molar-refractivity contribution in [2.75, 3.05) is 6.54 Å². The Morgan fingerprint density at radius 2 is 2.33 bits per heavy atom. The minimum Gasteiger partial charge on any atom is -0.310 e. The van der Waals surface area contributed by atoms with Crippen molar-refractivity contribution in [3.8, 4) is 0 Å². The molecule has 1 N–H and O–H groups in total. The van der Waals surface area contributed by atoms with Crippen molar-refractivity contribution in [3.05, 3.63) is 34.6 Å². The molecule has 15 heavy (non-hydrogen) atoms.